The topological polar surface area (TPSA) is 40.5 Å². The van der Waals surface area contributed by atoms with Gasteiger partial charge in [-0.05, 0) is 13.8 Å². The van der Waals surface area contributed by atoms with Crippen LogP contribution in [0.4, 0.5) is 0 Å². The minimum absolute atomic E-state index is 0.139. The van der Waals surface area contributed by atoms with Crippen LogP contribution in [0.25, 0.3) is 0 Å². The van der Waals surface area contributed by atoms with Crippen LogP contribution in [0.2, 0.25) is 0 Å². The van der Waals surface area contributed by atoms with Crippen molar-refractivity contribution in [1.82, 2.24) is 0 Å². The van der Waals surface area contributed by atoms with Gasteiger partial charge in [0.1, 0.15) is 0 Å². The second-order valence-electron chi connectivity index (χ2n) is 2.69. The predicted octanol–water partition coefficient (Wildman–Crippen LogP) is 1.35. The smallest absolute Gasteiger partial charge is 0.0742 e. The lowest BCUT2D eigenvalue weighted by Gasteiger charge is -1.90. The van der Waals surface area contributed by atoms with Gasteiger partial charge in [0, 0.05) is 0 Å². The third kappa shape index (κ3) is 7.25. The first-order valence-electron chi connectivity index (χ1n) is 3.97. The zero-order valence-electron chi connectivity index (χ0n) is 7.57. The van der Waals surface area contributed by atoms with Gasteiger partial charge in [0.25, 0.3) is 0 Å². The molecule has 1 aromatic carbocycles. The molecule has 68 valence electrons. The van der Waals surface area contributed by atoms with Crippen LogP contribution in [0.1, 0.15) is 12.5 Å². The molecule has 0 saturated carbocycles. The average molecular weight is 168 g/mol. The van der Waals surface area contributed by atoms with Gasteiger partial charge in [-0.25, -0.2) is 0 Å². The molecule has 0 heterocycles. The Morgan fingerprint density at radius 2 is 1.67 bits per heavy atom. The summed E-state index contributed by atoms with van der Waals surface area (Å²) in [6, 6.07) is 10.3. The number of hydrogen-bond donors (Lipinski definition) is 2. The Hall–Kier alpha value is -0.860. The summed E-state index contributed by atoms with van der Waals surface area (Å²) < 4.78 is 0. The van der Waals surface area contributed by atoms with Gasteiger partial charge in [-0.3, -0.25) is 0 Å². The van der Waals surface area contributed by atoms with Gasteiger partial charge in [-0.15, -0.1) is 0 Å². The third-order valence-corrected chi connectivity index (χ3v) is 1.20. The van der Waals surface area contributed by atoms with Gasteiger partial charge in [0.05, 0.1) is 12.7 Å². The van der Waals surface area contributed by atoms with Crippen LogP contribution in [0.15, 0.2) is 30.3 Å². The fraction of sp³-hybridized carbons (Fsp3) is 0.400. The van der Waals surface area contributed by atoms with Crippen molar-refractivity contribution in [2.45, 2.75) is 20.0 Å². The van der Waals surface area contributed by atoms with Crippen molar-refractivity contribution in [2.75, 3.05) is 6.61 Å². The van der Waals surface area contributed by atoms with Crippen molar-refractivity contribution in [3.63, 3.8) is 0 Å². The SMILES string of the molecule is CC(O)CO.Cc1ccccc1. The standard InChI is InChI=1S/C7H8.C3H8O2/c1-7-5-3-2-4-6-7;1-3(5)2-4/h2-6H,1H3;3-5H,2H2,1H3. The average Bonchev–Trinajstić information content (AvgIpc) is 2.07. The Labute approximate surface area is 73.5 Å². The summed E-state index contributed by atoms with van der Waals surface area (Å²) in [7, 11) is 0. The zero-order chi connectivity index (χ0) is 9.40. The third-order valence-electron chi connectivity index (χ3n) is 1.20. The van der Waals surface area contributed by atoms with E-state index in [1.165, 1.54) is 12.5 Å². The molecule has 0 bridgehead atoms. The zero-order valence-corrected chi connectivity index (χ0v) is 7.57. The van der Waals surface area contributed by atoms with Gasteiger partial charge in [0.15, 0.2) is 0 Å². The van der Waals surface area contributed by atoms with E-state index in [2.05, 4.69) is 19.1 Å². The first-order valence-corrected chi connectivity index (χ1v) is 3.97. The van der Waals surface area contributed by atoms with Crippen molar-refractivity contribution >= 4 is 0 Å². The van der Waals surface area contributed by atoms with Crippen LogP contribution in [0, 0.1) is 6.92 Å². The lowest BCUT2D eigenvalue weighted by Crippen LogP contribution is -2.03. The molecule has 2 N–H and O–H groups in total. The molecule has 0 aromatic heterocycles. The van der Waals surface area contributed by atoms with Crippen LogP contribution in [-0.2, 0) is 0 Å². The molecule has 1 atom stereocenters. The van der Waals surface area contributed by atoms with Crippen molar-refractivity contribution in [3.8, 4) is 0 Å². The molecule has 0 spiro atoms. The van der Waals surface area contributed by atoms with Crippen LogP contribution < -0.4 is 0 Å². The highest BCUT2D eigenvalue weighted by molar-refractivity contribution is 5.11. The number of rotatable bonds is 1. The van der Waals surface area contributed by atoms with Gasteiger partial charge >= 0.3 is 0 Å². The van der Waals surface area contributed by atoms with Crippen LogP contribution in [0.5, 0.6) is 0 Å². The molecule has 0 aliphatic heterocycles. The van der Waals surface area contributed by atoms with Crippen LogP contribution in [0.3, 0.4) is 0 Å². The van der Waals surface area contributed by atoms with E-state index in [0.717, 1.165) is 0 Å². The molecular formula is C10H16O2. The summed E-state index contributed by atoms with van der Waals surface area (Å²) >= 11 is 0. The van der Waals surface area contributed by atoms with Crippen molar-refractivity contribution < 1.29 is 10.2 Å². The highest BCUT2D eigenvalue weighted by Gasteiger charge is 1.83. The van der Waals surface area contributed by atoms with Gasteiger partial charge in [-0.2, -0.15) is 0 Å². The normalized spacial score (nSPS) is 11.3. The van der Waals surface area contributed by atoms with Crippen molar-refractivity contribution in [1.29, 1.82) is 0 Å². The minimum Gasteiger partial charge on any atom is -0.394 e. The molecule has 1 rings (SSSR count). The van der Waals surface area contributed by atoms with E-state index in [9.17, 15) is 0 Å². The summed E-state index contributed by atoms with van der Waals surface area (Å²) in [6.45, 7) is 3.47. The van der Waals surface area contributed by atoms with E-state index in [-0.39, 0.29) is 6.61 Å². The Morgan fingerprint density at radius 1 is 1.25 bits per heavy atom. The molecule has 2 nitrogen and oxygen atoms in total. The van der Waals surface area contributed by atoms with Crippen LogP contribution in [-0.4, -0.2) is 22.9 Å². The van der Waals surface area contributed by atoms with Crippen LogP contribution >= 0.6 is 0 Å². The number of aliphatic hydroxyl groups is 2. The summed E-state index contributed by atoms with van der Waals surface area (Å²) in [6.07, 6.45) is -0.560. The maximum Gasteiger partial charge on any atom is 0.0742 e. The van der Waals surface area contributed by atoms with E-state index < -0.39 is 6.10 Å². The molecule has 1 unspecified atom stereocenters. The largest absolute Gasteiger partial charge is 0.394 e. The number of hydrogen-bond acceptors (Lipinski definition) is 2. The summed E-state index contributed by atoms with van der Waals surface area (Å²) in [5, 5.41) is 16.0. The summed E-state index contributed by atoms with van der Waals surface area (Å²) in [5.41, 5.74) is 1.32. The molecule has 0 radical (unpaired) electrons. The Morgan fingerprint density at radius 3 is 1.83 bits per heavy atom. The fourth-order valence-corrected chi connectivity index (χ4v) is 0.534. The molecule has 0 aliphatic rings. The fourth-order valence-electron chi connectivity index (χ4n) is 0.534. The molecule has 1 aromatic rings. The molecule has 0 amide bonds. The summed E-state index contributed by atoms with van der Waals surface area (Å²) in [4.78, 5) is 0. The van der Waals surface area contributed by atoms with Crippen molar-refractivity contribution in [3.05, 3.63) is 35.9 Å². The monoisotopic (exact) mass is 168 g/mol. The maximum absolute atomic E-state index is 8.11. The lowest BCUT2D eigenvalue weighted by molar-refractivity contribution is 0.110. The lowest BCUT2D eigenvalue weighted by atomic mass is 10.2. The molecule has 0 fully saturated rings. The van der Waals surface area contributed by atoms with Gasteiger partial charge in [0.2, 0.25) is 0 Å². The molecule has 2 heteroatoms. The van der Waals surface area contributed by atoms with E-state index in [1.54, 1.807) is 0 Å². The first-order chi connectivity index (χ1) is 5.66. The highest BCUT2D eigenvalue weighted by atomic mass is 16.3. The number of aryl methyl sites for hydroxylation is 1. The number of benzene rings is 1. The summed E-state index contributed by atoms with van der Waals surface area (Å²) in [5.74, 6) is 0. The molecule has 0 saturated heterocycles. The van der Waals surface area contributed by atoms with Gasteiger partial charge in [-0.1, -0.05) is 35.9 Å². The second kappa shape index (κ2) is 6.83. The number of aliphatic hydroxyl groups excluding tert-OH is 2. The maximum atomic E-state index is 8.11. The van der Waals surface area contributed by atoms with Gasteiger partial charge < -0.3 is 10.2 Å². The van der Waals surface area contributed by atoms with E-state index in [0.29, 0.717) is 0 Å². The Balaban J connectivity index is 0.000000217. The first kappa shape index (κ1) is 11.1. The molecule has 0 aliphatic carbocycles. The van der Waals surface area contributed by atoms with E-state index in [1.807, 2.05) is 18.2 Å². The van der Waals surface area contributed by atoms with E-state index in [4.69, 9.17) is 10.2 Å². The quantitative estimate of drug-likeness (QED) is 0.664. The van der Waals surface area contributed by atoms with Crippen molar-refractivity contribution in [2.24, 2.45) is 0 Å². The molecular weight excluding hydrogens is 152 g/mol. The second-order valence-corrected chi connectivity index (χ2v) is 2.69. The Bertz CT molecular complexity index is 182. The molecule has 12 heavy (non-hydrogen) atoms. The predicted molar refractivity (Wildman–Crippen MR) is 49.9 cm³/mol. The minimum atomic E-state index is -0.560. The van der Waals surface area contributed by atoms with E-state index >= 15 is 0 Å². The highest BCUT2D eigenvalue weighted by Crippen LogP contribution is 1.92. The Kier molecular flexibility index (Phi) is 6.34.